The smallest absolute Gasteiger partial charge is 0.376 e. The Bertz CT molecular complexity index is 1000. The second-order valence-electron chi connectivity index (χ2n) is 7.94. The Morgan fingerprint density at radius 1 is 1.30 bits per heavy atom. The van der Waals surface area contributed by atoms with Crippen molar-refractivity contribution in [2.24, 2.45) is 0 Å². The van der Waals surface area contributed by atoms with Crippen molar-refractivity contribution in [3.63, 3.8) is 0 Å². The molecule has 0 saturated carbocycles. The molecular weight excluding hydrogens is 457 g/mol. The number of benzene rings is 1. The number of likely N-dealkylation sites (N-methyl/N-ethyl adjacent to an activating group) is 1. The molecule has 0 radical (unpaired) electrons. The molecule has 1 saturated heterocycles. The molecule has 2 aromatic rings. The predicted octanol–water partition coefficient (Wildman–Crippen LogP) is 3.89. The van der Waals surface area contributed by atoms with Gasteiger partial charge in [0, 0.05) is 19.3 Å². The number of aromatic nitrogens is 2. The third kappa shape index (κ3) is 6.50. The SMILES string of the molecule is Cc1nc(SCC(=O)N(C)CC(=O)Nc2ccccc2C(F)(F)F)n(CC2CCCO2)c1C. The van der Waals surface area contributed by atoms with Crippen LogP contribution >= 0.6 is 11.8 Å². The molecule has 1 aromatic carbocycles. The molecule has 2 amide bonds. The van der Waals surface area contributed by atoms with Crippen molar-refractivity contribution in [3.05, 3.63) is 41.2 Å². The van der Waals surface area contributed by atoms with Gasteiger partial charge in [-0.25, -0.2) is 4.98 Å². The maximum absolute atomic E-state index is 13.1. The number of halogens is 3. The lowest BCUT2D eigenvalue weighted by molar-refractivity contribution is -0.137. The minimum atomic E-state index is -4.59. The quantitative estimate of drug-likeness (QED) is 0.576. The zero-order chi connectivity index (χ0) is 24.2. The Kier molecular flexibility index (Phi) is 8.06. The lowest BCUT2D eigenvalue weighted by Gasteiger charge is -2.18. The Balaban J connectivity index is 1.56. The van der Waals surface area contributed by atoms with Gasteiger partial charge >= 0.3 is 6.18 Å². The van der Waals surface area contributed by atoms with Crippen molar-refractivity contribution in [3.8, 4) is 0 Å². The molecule has 1 aromatic heterocycles. The monoisotopic (exact) mass is 484 g/mol. The van der Waals surface area contributed by atoms with Gasteiger partial charge in [-0.3, -0.25) is 9.59 Å². The number of carbonyl (C=O) groups excluding carboxylic acids is 2. The van der Waals surface area contributed by atoms with Crippen LogP contribution in [0.15, 0.2) is 29.4 Å². The Labute approximate surface area is 194 Å². The maximum Gasteiger partial charge on any atom is 0.418 e. The second-order valence-corrected chi connectivity index (χ2v) is 8.88. The highest BCUT2D eigenvalue weighted by Gasteiger charge is 2.33. The first-order valence-corrected chi connectivity index (χ1v) is 11.5. The number of hydrogen-bond donors (Lipinski definition) is 1. The molecule has 33 heavy (non-hydrogen) atoms. The first-order chi connectivity index (χ1) is 15.6. The summed E-state index contributed by atoms with van der Waals surface area (Å²) < 4.78 is 47.1. The molecule has 7 nitrogen and oxygen atoms in total. The number of ether oxygens (including phenoxy) is 1. The summed E-state index contributed by atoms with van der Waals surface area (Å²) in [4.78, 5) is 30.6. The number of anilines is 1. The van der Waals surface area contributed by atoms with Gasteiger partial charge in [-0.1, -0.05) is 23.9 Å². The molecule has 1 N–H and O–H groups in total. The molecule has 1 aliphatic rings. The van der Waals surface area contributed by atoms with E-state index in [-0.39, 0.29) is 30.0 Å². The number of aryl methyl sites for hydroxylation is 1. The molecule has 3 rings (SSSR count). The van der Waals surface area contributed by atoms with E-state index in [1.807, 2.05) is 18.4 Å². The van der Waals surface area contributed by atoms with Crippen LogP contribution in [0.25, 0.3) is 0 Å². The van der Waals surface area contributed by atoms with Crippen LogP contribution in [0.3, 0.4) is 0 Å². The van der Waals surface area contributed by atoms with Crippen LogP contribution in [0, 0.1) is 13.8 Å². The van der Waals surface area contributed by atoms with Gasteiger partial charge in [0.15, 0.2) is 5.16 Å². The van der Waals surface area contributed by atoms with Crippen molar-refractivity contribution in [2.45, 2.75) is 50.7 Å². The first kappa shape index (κ1) is 25.1. The number of rotatable bonds is 8. The largest absolute Gasteiger partial charge is 0.418 e. The predicted molar refractivity (Wildman–Crippen MR) is 119 cm³/mol. The van der Waals surface area contributed by atoms with Gasteiger partial charge in [-0.2, -0.15) is 13.2 Å². The van der Waals surface area contributed by atoms with E-state index in [0.717, 1.165) is 36.9 Å². The standard InChI is InChI=1S/C22H27F3N4O3S/c1-14-15(2)29(11-16-7-6-10-32-16)21(26-14)33-13-20(31)28(3)12-19(30)27-18-9-5-4-8-17(18)22(23,24)25/h4-5,8-9,16H,6-7,10-13H2,1-3H3,(H,27,30). The molecule has 180 valence electrons. The molecule has 1 atom stereocenters. The van der Waals surface area contributed by atoms with Gasteiger partial charge in [-0.05, 0) is 38.8 Å². The maximum atomic E-state index is 13.1. The molecular formula is C22H27F3N4O3S. The van der Waals surface area contributed by atoms with Gasteiger partial charge in [0.2, 0.25) is 11.8 Å². The molecule has 2 heterocycles. The van der Waals surface area contributed by atoms with Crippen LogP contribution < -0.4 is 5.32 Å². The minimum Gasteiger partial charge on any atom is -0.376 e. The van der Waals surface area contributed by atoms with Crippen LogP contribution in [0.4, 0.5) is 18.9 Å². The summed E-state index contributed by atoms with van der Waals surface area (Å²) in [5, 5.41) is 2.95. The highest BCUT2D eigenvalue weighted by Crippen LogP contribution is 2.34. The summed E-state index contributed by atoms with van der Waals surface area (Å²) in [5.74, 6) is -0.995. The van der Waals surface area contributed by atoms with Crippen LogP contribution in [0.2, 0.25) is 0 Å². The highest BCUT2D eigenvalue weighted by atomic mass is 32.2. The number of nitrogens with zero attached hydrogens (tertiary/aromatic N) is 3. The first-order valence-electron chi connectivity index (χ1n) is 10.5. The molecule has 1 fully saturated rings. The van der Waals surface area contributed by atoms with E-state index in [0.29, 0.717) is 11.7 Å². The van der Waals surface area contributed by atoms with Crippen LogP contribution in [0.5, 0.6) is 0 Å². The number of thioether (sulfide) groups is 1. The average Bonchev–Trinajstić information content (AvgIpc) is 3.35. The number of carbonyl (C=O) groups is 2. The Morgan fingerprint density at radius 2 is 2.03 bits per heavy atom. The van der Waals surface area contributed by atoms with E-state index in [1.54, 1.807) is 0 Å². The zero-order valence-electron chi connectivity index (χ0n) is 18.7. The van der Waals surface area contributed by atoms with Crippen LogP contribution in [-0.2, 0) is 27.0 Å². The summed E-state index contributed by atoms with van der Waals surface area (Å²) in [6.07, 6.45) is -2.46. The normalized spacial score (nSPS) is 16.1. The molecule has 1 unspecified atom stereocenters. The Hall–Kier alpha value is -2.53. The second kappa shape index (κ2) is 10.6. The fourth-order valence-corrected chi connectivity index (χ4v) is 4.55. The number of nitrogens with one attached hydrogen (secondary N) is 1. The summed E-state index contributed by atoms with van der Waals surface area (Å²) in [6, 6.07) is 4.72. The van der Waals surface area contributed by atoms with Gasteiger partial charge in [0.25, 0.3) is 0 Å². The highest BCUT2D eigenvalue weighted by molar-refractivity contribution is 7.99. The van der Waals surface area contributed by atoms with Crippen LogP contribution in [0.1, 0.15) is 29.8 Å². The molecule has 1 aliphatic heterocycles. The lowest BCUT2D eigenvalue weighted by Crippen LogP contribution is -2.36. The van der Waals surface area contributed by atoms with E-state index in [4.69, 9.17) is 4.74 Å². The fourth-order valence-electron chi connectivity index (χ4n) is 3.51. The topological polar surface area (TPSA) is 76.5 Å². The van der Waals surface area contributed by atoms with Crippen molar-refractivity contribution in [1.82, 2.24) is 14.5 Å². The number of amides is 2. The molecule has 0 aliphatic carbocycles. The number of hydrogen-bond acceptors (Lipinski definition) is 5. The molecule has 11 heteroatoms. The molecule has 0 spiro atoms. The summed E-state index contributed by atoms with van der Waals surface area (Å²) in [7, 11) is 1.44. The van der Waals surface area contributed by atoms with E-state index < -0.39 is 17.6 Å². The van der Waals surface area contributed by atoms with Crippen molar-refractivity contribution in [1.29, 1.82) is 0 Å². The summed E-state index contributed by atoms with van der Waals surface area (Å²) in [5.41, 5.74) is 0.606. The van der Waals surface area contributed by atoms with E-state index in [2.05, 4.69) is 10.3 Å². The third-order valence-electron chi connectivity index (χ3n) is 5.47. The van der Waals surface area contributed by atoms with E-state index >= 15 is 0 Å². The Morgan fingerprint density at radius 3 is 2.70 bits per heavy atom. The number of para-hydroxylation sites is 1. The average molecular weight is 485 g/mol. The number of alkyl halides is 3. The fraction of sp³-hybridized carbons (Fsp3) is 0.500. The van der Waals surface area contributed by atoms with Crippen molar-refractivity contribution < 1.29 is 27.5 Å². The number of imidazole rings is 1. The lowest BCUT2D eigenvalue weighted by atomic mass is 10.1. The van der Waals surface area contributed by atoms with Crippen molar-refractivity contribution >= 4 is 29.3 Å². The summed E-state index contributed by atoms with van der Waals surface area (Å²) >= 11 is 1.26. The minimum absolute atomic E-state index is 0.0460. The third-order valence-corrected chi connectivity index (χ3v) is 6.43. The van der Waals surface area contributed by atoms with Gasteiger partial charge in [-0.15, -0.1) is 0 Å². The van der Waals surface area contributed by atoms with E-state index in [1.165, 1.54) is 41.9 Å². The molecule has 0 bridgehead atoms. The van der Waals surface area contributed by atoms with Crippen LogP contribution in [-0.4, -0.2) is 58.3 Å². The van der Waals surface area contributed by atoms with Crippen molar-refractivity contribution in [2.75, 3.05) is 31.3 Å². The van der Waals surface area contributed by atoms with E-state index in [9.17, 15) is 22.8 Å². The zero-order valence-corrected chi connectivity index (χ0v) is 19.6. The van der Waals surface area contributed by atoms with Gasteiger partial charge in [0.05, 0.1) is 41.9 Å². The van der Waals surface area contributed by atoms with Gasteiger partial charge in [0.1, 0.15) is 0 Å². The summed E-state index contributed by atoms with van der Waals surface area (Å²) in [6.45, 7) is 4.92. The van der Waals surface area contributed by atoms with Gasteiger partial charge < -0.3 is 19.5 Å².